The summed E-state index contributed by atoms with van der Waals surface area (Å²) >= 11 is 1.90. The van der Waals surface area contributed by atoms with E-state index in [1.807, 2.05) is 11.3 Å². The van der Waals surface area contributed by atoms with Crippen molar-refractivity contribution >= 4 is 31.5 Å². The van der Waals surface area contributed by atoms with Crippen molar-refractivity contribution in [1.29, 1.82) is 0 Å². The van der Waals surface area contributed by atoms with Gasteiger partial charge in [-0.25, -0.2) is 0 Å². The number of hydrogen-bond acceptors (Lipinski definition) is 4. The number of hydrogen-bond donors (Lipinski definition) is 0. The zero-order valence-electron chi connectivity index (χ0n) is 15.3. The van der Waals surface area contributed by atoms with Gasteiger partial charge in [-0.2, -0.15) is 0 Å². The van der Waals surface area contributed by atoms with Gasteiger partial charge >= 0.3 is 0 Å². The first-order valence-electron chi connectivity index (χ1n) is 8.34. The van der Waals surface area contributed by atoms with E-state index >= 15 is 0 Å². The average Bonchev–Trinajstić information content (AvgIpc) is 2.82. The number of benzene rings is 2. The molecule has 0 atom stereocenters. The summed E-state index contributed by atoms with van der Waals surface area (Å²) in [6, 6.07) is 13.8. The Hall–Kier alpha value is -1.46. The zero-order chi connectivity index (χ0) is 17.3. The van der Waals surface area contributed by atoms with Gasteiger partial charge in [-0.15, -0.1) is 11.3 Å². The Kier molecular flexibility index (Phi) is 5.21. The minimum absolute atomic E-state index is 0.971. The SMILES string of the molecule is CN(C)Cc1ccc2sc3cc(CN(C)CN(C)C)ccc3c2c1. The largest absolute Gasteiger partial charge is 0.305 e. The second-order valence-electron chi connectivity index (χ2n) is 7.24. The minimum atomic E-state index is 0.971. The highest BCUT2D eigenvalue weighted by atomic mass is 32.1. The number of thiophene rings is 1. The highest BCUT2D eigenvalue weighted by Gasteiger charge is 2.08. The monoisotopic (exact) mass is 341 g/mol. The smallest absolute Gasteiger partial charge is 0.0501 e. The molecule has 1 aromatic heterocycles. The molecule has 3 nitrogen and oxygen atoms in total. The van der Waals surface area contributed by atoms with Gasteiger partial charge in [0.25, 0.3) is 0 Å². The van der Waals surface area contributed by atoms with Gasteiger partial charge in [-0.3, -0.25) is 9.80 Å². The summed E-state index contributed by atoms with van der Waals surface area (Å²) in [7, 11) is 10.6. The van der Waals surface area contributed by atoms with Crippen LogP contribution in [0.25, 0.3) is 20.2 Å². The van der Waals surface area contributed by atoms with Gasteiger partial charge in [0.1, 0.15) is 0 Å². The molecule has 2 aromatic carbocycles. The summed E-state index contributed by atoms with van der Waals surface area (Å²) in [5.41, 5.74) is 2.76. The second-order valence-corrected chi connectivity index (χ2v) is 8.32. The van der Waals surface area contributed by atoms with E-state index in [1.54, 1.807) is 0 Å². The van der Waals surface area contributed by atoms with Crippen LogP contribution in [-0.4, -0.2) is 56.6 Å². The molecule has 0 fully saturated rings. The average molecular weight is 342 g/mol. The Morgan fingerprint density at radius 3 is 2.12 bits per heavy atom. The molecule has 1 heterocycles. The lowest BCUT2D eigenvalue weighted by molar-refractivity contribution is 0.204. The second kappa shape index (κ2) is 7.19. The first-order valence-corrected chi connectivity index (χ1v) is 9.16. The number of fused-ring (bicyclic) bond motifs is 3. The van der Waals surface area contributed by atoms with Crippen LogP contribution in [0, 0.1) is 0 Å². The highest BCUT2D eigenvalue weighted by molar-refractivity contribution is 7.25. The fourth-order valence-corrected chi connectivity index (χ4v) is 4.43. The van der Waals surface area contributed by atoms with E-state index < -0.39 is 0 Å². The molecule has 3 rings (SSSR count). The summed E-state index contributed by atoms with van der Waals surface area (Å²) in [6.45, 7) is 2.94. The summed E-state index contributed by atoms with van der Waals surface area (Å²) < 4.78 is 2.77. The van der Waals surface area contributed by atoms with Crippen molar-refractivity contribution in [3.63, 3.8) is 0 Å². The molecule has 0 saturated carbocycles. The van der Waals surface area contributed by atoms with Crippen LogP contribution < -0.4 is 0 Å². The molecular formula is C20H27N3S. The maximum Gasteiger partial charge on any atom is 0.0501 e. The van der Waals surface area contributed by atoms with Crippen molar-refractivity contribution in [2.45, 2.75) is 13.1 Å². The Labute approximate surface area is 149 Å². The van der Waals surface area contributed by atoms with Crippen LogP contribution in [0.3, 0.4) is 0 Å². The molecule has 0 aliphatic heterocycles. The van der Waals surface area contributed by atoms with E-state index in [4.69, 9.17) is 0 Å². The normalized spacial score (nSPS) is 12.3. The maximum absolute atomic E-state index is 2.36. The number of rotatable bonds is 6. The molecular weight excluding hydrogens is 314 g/mol. The third-order valence-corrected chi connectivity index (χ3v) is 5.21. The van der Waals surface area contributed by atoms with Gasteiger partial charge in [-0.05, 0) is 64.6 Å². The van der Waals surface area contributed by atoms with Crippen molar-refractivity contribution < 1.29 is 0 Å². The van der Waals surface area contributed by atoms with E-state index in [9.17, 15) is 0 Å². The van der Waals surface area contributed by atoms with E-state index in [0.717, 1.165) is 19.8 Å². The van der Waals surface area contributed by atoms with Crippen LogP contribution in [-0.2, 0) is 13.1 Å². The van der Waals surface area contributed by atoms with Crippen molar-refractivity contribution in [3.8, 4) is 0 Å². The molecule has 0 unspecified atom stereocenters. The molecule has 0 radical (unpaired) electrons. The Morgan fingerprint density at radius 1 is 0.708 bits per heavy atom. The van der Waals surface area contributed by atoms with E-state index in [-0.39, 0.29) is 0 Å². The van der Waals surface area contributed by atoms with Crippen LogP contribution >= 0.6 is 11.3 Å². The Balaban J connectivity index is 1.91. The lowest BCUT2D eigenvalue weighted by Gasteiger charge is -2.21. The maximum atomic E-state index is 2.36. The predicted molar refractivity (Wildman–Crippen MR) is 107 cm³/mol. The summed E-state index contributed by atoms with van der Waals surface area (Å²) in [4.78, 5) is 6.75. The minimum Gasteiger partial charge on any atom is -0.305 e. The number of nitrogens with zero attached hydrogens (tertiary/aromatic N) is 3. The molecule has 0 amide bonds. The molecule has 0 aliphatic rings. The van der Waals surface area contributed by atoms with Crippen LogP contribution in [0.15, 0.2) is 36.4 Å². The van der Waals surface area contributed by atoms with Crippen LogP contribution in [0.1, 0.15) is 11.1 Å². The lowest BCUT2D eigenvalue weighted by atomic mass is 10.1. The van der Waals surface area contributed by atoms with Gasteiger partial charge in [0.15, 0.2) is 0 Å². The third-order valence-electron chi connectivity index (χ3n) is 4.08. The van der Waals surface area contributed by atoms with Crippen LogP contribution in [0.4, 0.5) is 0 Å². The summed E-state index contributed by atoms with van der Waals surface area (Å²) in [5.74, 6) is 0. The van der Waals surface area contributed by atoms with Crippen molar-refractivity contribution in [2.24, 2.45) is 0 Å². The standard InChI is InChI=1S/C20H27N3S/c1-21(2)12-15-7-9-19-18(10-15)17-8-6-16(11-20(17)24-19)13-23(5)14-22(3)4/h6-11H,12-14H2,1-5H3. The predicted octanol–water partition coefficient (Wildman–Crippen LogP) is 4.07. The molecule has 0 bridgehead atoms. The summed E-state index contributed by atoms with van der Waals surface area (Å²) in [6.07, 6.45) is 0. The molecule has 0 N–H and O–H groups in total. The molecule has 24 heavy (non-hydrogen) atoms. The molecule has 0 saturated heterocycles. The first kappa shape index (κ1) is 17.4. The quantitative estimate of drug-likeness (QED) is 0.626. The topological polar surface area (TPSA) is 9.72 Å². The van der Waals surface area contributed by atoms with Crippen molar-refractivity contribution in [2.75, 3.05) is 41.9 Å². The van der Waals surface area contributed by atoms with E-state index in [2.05, 4.69) is 86.3 Å². The lowest BCUT2D eigenvalue weighted by Crippen LogP contribution is -2.29. The van der Waals surface area contributed by atoms with Gasteiger partial charge in [0, 0.05) is 33.3 Å². The van der Waals surface area contributed by atoms with Gasteiger partial charge in [0.2, 0.25) is 0 Å². The molecule has 4 heteroatoms. The van der Waals surface area contributed by atoms with Crippen molar-refractivity contribution in [1.82, 2.24) is 14.7 Å². The Morgan fingerprint density at radius 2 is 1.42 bits per heavy atom. The van der Waals surface area contributed by atoms with E-state index in [1.165, 1.54) is 31.3 Å². The highest BCUT2D eigenvalue weighted by Crippen LogP contribution is 2.35. The first-order chi connectivity index (χ1) is 11.4. The Bertz CT molecular complexity index is 835. The van der Waals surface area contributed by atoms with Crippen LogP contribution in [0.5, 0.6) is 0 Å². The van der Waals surface area contributed by atoms with Gasteiger partial charge in [-0.1, -0.05) is 18.2 Å². The van der Waals surface area contributed by atoms with Crippen molar-refractivity contribution in [3.05, 3.63) is 47.5 Å². The van der Waals surface area contributed by atoms with Gasteiger partial charge in [0.05, 0.1) is 6.67 Å². The molecule has 0 aliphatic carbocycles. The third kappa shape index (κ3) is 3.95. The van der Waals surface area contributed by atoms with Crippen LogP contribution in [0.2, 0.25) is 0 Å². The molecule has 0 spiro atoms. The van der Waals surface area contributed by atoms with Gasteiger partial charge < -0.3 is 4.90 Å². The molecule has 3 aromatic rings. The molecule has 128 valence electrons. The fourth-order valence-electron chi connectivity index (χ4n) is 3.28. The summed E-state index contributed by atoms with van der Waals surface area (Å²) in [5, 5.41) is 2.78. The van der Waals surface area contributed by atoms with E-state index in [0.29, 0.717) is 0 Å². The zero-order valence-corrected chi connectivity index (χ0v) is 16.2. The fraction of sp³-hybridized carbons (Fsp3) is 0.400.